The normalized spacial score (nSPS) is 8.50. The van der Waals surface area contributed by atoms with Crippen molar-refractivity contribution < 1.29 is 0 Å². The minimum atomic E-state index is 1.07. The number of imidazole rings is 1. The van der Waals surface area contributed by atoms with E-state index in [2.05, 4.69) is 9.55 Å². The van der Waals surface area contributed by atoms with Crippen molar-refractivity contribution in [1.82, 2.24) is 9.55 Å². The van der Waals surface area contributed by atoms with Gasteiger partial charge >= 0.3 is 0 Å². The molecule has 0 amide bonds. The average molecular weight is 140 g/mol. The van der Waals surface area contributed by atoms with Crippen LogP contribution in [0, 0.1) is 13.8 Å². The van der Waals surface area contributed by atoms with Crippen molar-refractivity contribution in [2.24, 2.45) is 7.05 Å². The highest BCUT2D eigenvalue weighted by molar-refractivity contribution is 4.99. The minimum absolute atomic E-state index is 1.07. The first-order valence-corrected chi connectivity index (χ1v) is 3.66. The van der Waals surface area contributed by atoms with Crippen molar-refractivity contribution in [3.63, 3.8) is 0 Å². The van der Waals surface area contributed by atoms with E-state index in [9.17, 15) is 0 Å². The Kier molecular flexibility index (Phi) is 3.77. The highest BCUT2D eigenvalue weighted by Gasteiger charge is 1.92. The van der Waals surface area contributed by atoms with Gasteiger partial charge in [-0.05, 0) is 13.8 Å². The first-order valence-electron chi connectivity index (χ1n) is 3.66. The van der Waals surface area contributed by atoms with E-state index < -0.39 is 0 Å². The monoisotopic (exact) mass is 140 g/mol. The zero-order chi connectivity index (χ0) is 8.15. The highest BCUT2D eigenvalue weighted by atomic mass is 15.0. The standard InChI is InChI=1S/C6H10N2.C2H6/c1-5-4-7-6(2)8(5)3;1-2/h4H,1-3H3;1-2H3. The first kappa shape index (κ1) is 9.21. The van der Waals surface area contributed by atoms with Crippen LogP contribution in [0.2, 0.25) is 0 Å². The Labute approximate surface area is 62.9 Å². The molecular weight excluding hydrogens is 124 g/mol. The van der Waals surface area contributed by atoms with Gasteiger partial charge in [0.2, 0.25) is 0 Å². The molecule has 0 aliphatic rings. The summed E-state index contributed by atoms with van der Waals surface area (Å²) in [6.45, 7) is 8.03. The largest absolute Gasteiger partial charge is 0.336 e. The molecule has 0 aliphatic heterocycles. The molecule has 58 valence electrons. The third-order valence-electron chi connectivity index (χ3n) is 1.45. The second-order valence-corrected chi connectivity index (χ2v) is 2.01. The maximum atomic E-state index is 4.08. The number of nitrogens with zero attached hydrogens (tertiary/aromatic N) is 2. The fraction of sp³-hybridized carbons (Fsp3) is 0.625. The molecule has 2 heteroatoms. The Morgan fingerprint density at radius 3 is 1.90 bits per heavy atom. The van der Waals surface area contributed by atoms with Gasteiger partial charge in [-0.15, -0.1) is 0 Å². The van der Waals surface area contributed by atoms with Crippen LogP contribution in [0.15, 0.2) is 6.20 Å². The molecular formula is C8H16N2. The van der Waals surface area contributed by atoms with Crippen molar-refractivity contribution in [3.05, 3.63) is 17.7 Å². The van der Waals surface area contributed by atoms with Gasteiger partial charge in [0.15, 0.2) is 0 Å². The van der Waals surface area contributed by atoms with Gasteiger partial charge in [0.05, 0.1) is 0 Å². The molecule has 1 aromatic rings. The van der Waals surface area contributed by atoms with Crippen LogP contribution in [0.4, 0.5) is 0 Å². The molecule has 1 aromatic heterocycles. The van der Waals surface area contributed by atoms with E-state index in [-0.39, 0.29) is 0 Å². The maximum Gasteiger partial charge on any atom is 0.105 e. The molecule has 1 heterocycles. The van der Waals surface area contributed by atoms with Gasteiger partial charge in [0.25, 0.3) is 0 Å². The van der Waals surface area contributed by atoms with Gasteiger partial charge in [0.1, 0.15) is 5.82 Å². The number of aromatic nitrogens is 2. The molecule has 0 spiro atoms. The van der Waals surface area contributed by atoms with Crippen molar-refractivity contribution in [2.45, 2.75) is 27.7 Å². The van der Waals surface area contributed by atoms with Crippen molar-refractivity contribution in [3.8, 4) is 0 Å². The zero-order valence-corrected chi connectivity index (χ0v) is 7.47. The molecule has 0 N–H and O–H groups in total. The van der Waals surface area contributed by atoms with E-state index in [0.29, 0.717) is 0 Å². The average Bonchev–Trinajstić information content (AvgIpc) is 2.25. The second kappa shape index (κ2) is 4.09. The predicted octanol–water partition coefficient (Wildman–Crippen LogP) is 2.06. The van der Waals surface area contributed by atoms with Gasteiger partial charge in [-0.2, -0.15) is 0 Å². The minimum Gasteiger partial charge on any atom is -0.336 e. The van der Waals surface area contributed by atoms with Gasteiger partial charge in [-0.1, -0.05) is 13.8 Å². The van der Waals surface area contributed by atoms with E-state index >= 15 is 0 Å². The van der Waals surface area contributed by atoms with Crippen LogP contribution < -0.4 is 0 Å². The van der Waals surface area contributed by atoms with Crippen LogP contribution in [0.25, 0.3) is 0 Å². The lowest BCUT2D eigenvalue weighted by molar-refractivity contribution is 0.827. The summed E-state index contributed by atoms with van der Waals surface area (Å²) in [6, 6.07) is 0. The zero-order valence-electron chi connectivity index (χ0n) is 7.47. The van der Waals surface area contributed by atoms with E-state index in [1.165, 1.54) is 5.69 Å². The molecule has 0 radical (unpaired) electrons. The molecule has 1 rings (SSSR count). The molecule has 0 unspecified atom stereocenters. The first-order chi connectivity index (χ1) is 4.72. The molecule has 0 bridgehead atoms. The quantitative estimate of drug-likeness (QED) is 0.539. The van der Waals surface area contributed by atoms with E-state index in [1.54, 1.807) is 0 Å². The molecule has 0 atom stereocenters. The molecule has 0 saturated carbocycles. The maximum absolute atomic E-state index is 4.08. The van der Waals surface area contributed by atoms with Gasteiger partial charge in [0, 0.05) is 18.9 Å². The number of rotatable bonds is 0. The SMILES string of the molecule is CC.Cc1cnc(C)n1C. The summed E-state index contributed by atoms with van der Waals surface area (Å²) >= 11 is 0. The van der Waals surface area contributed by atoms with Gasteiger partial charge in [-0.25, -0.2) is 4.98 Å². The number of aryl methyl sites for hydroxylation is 2. The Morgan fingerprint density at radius 1 is 1.30 bits per heavy atom. The van der Waals surface area contributed by atoms with Crippen molar-refractivity contribution in [1.29, 1.82) is 0 Å². The molecule has 0 fully saturated rings. The fourth-order valence-corrected chi connectivity index (χ4v) is 0.615. The lowest BCUT2D eigenvalue weighted by Gasteiger charge is -1.93. The second-order valence-electron chi connectivity index (χ2n) is 2.01. The third-order valence-corrected chi connectivity index (χ3v) is 1.45. The lowest BCUT2D eigenvalue weighted by atomic mass is 10.5. The lowest BCUT2D eigenvalue weighted by Crippen LogP contribution is -1.92. The summed E-state index contributed by atoms with van der Waals surface area (Å²) in [5.74, 6) is 1.07. The van der Waals surface area contributed by atoms with Crippen LogP contribution in [0.5, 0.6) is 0 Å². The smallest absolute Gasteiger partial charge is 0.105 e. The van der Waals surface area contributed by atoms with Crippen LogP contribution >= 0.6 is 0 Å². The molecule has 2 nitrogen and oxygen atoms in total. The summed E-state index contributed by atoms with van der Waals surface area (Å²) in [7, 11) is 2.01. The third kappa shape index (κ3) is 1.87. The van der Waals surface area contributed by atoms with Crippen LogP contribution in [0.1, 0.15) is 25.4 Å². The van der Waals surface area contributed by atoms with Crippen LogP contribution in [-0.2, 0) is 7.05 Å². The van der Waals surface area contributed by atoms with Crippen LogP contribution in [-0.4, -0.2) is 9.55 Å². The number of hydrogen-bond donors (Lipinski definition) is 0. The highest BCUT2D eigenvalue weighted by Crippen LogP contribution is 1.96. The Bertz CT molecular complexity index is 170. The molecule has 0 aliphatic carbocycles. The van der Waals surface area contributed by atoms with E-state index in [4.69, 9.17) is 0 Å². The number of hydrogen-bond acceptors (Lipinski definition) is 1. The fourth-order valence-electron chi connectivity index (χ4n) is 0.615. The van der Waals surface area contributed by atoms with E-state index in [1.807, 2.05) is 40.9 Å². The Hall–Kier alpha value is -0.790. The van der Waals surface area contributed by atoms with Crippen molar-refractivity contribution in [2.75, 3.05) is 0 Å². The Morgan fingerprint density at radius 2 is 1.80 bits per heavy atom. The van der Waals surface area contributed by atoms with Crippen molar-refractivity contribution >= 4 is 0 Å². The summed E-state index contributed by atoms with van der Waals surface area (Å²) in [5, 5.41) is 0. The molecule has 0 aromatic carbocycles. The summed E-state index contributed by atoms with van der Waals surface area (Å²) in [4.78, 5) is 4.08. The van der Waals surface area contributed by atoms with Gasteiger partial charge < -0.3 is 4.57 Å². The summed E-state index contributed by atoms with van der Waals surface area (Å²) in [6.07, 6.45) is 1.87. The topological polar surface area (TPSA) is 17.8 Å². The summed E-state index contributed by atoms with van der Waals surface area (Å²) < 4.78 is 2.06. The van der Waals surface area contributed by atoms with E-state index in [0.717, 1.165) is 5.82 Å². The van der Waals surface area contributed by atoms with Crippen LogP contribution in [0.3, 0.4) is 0 Å². The summed E-state index contributed by atoms with van der Waals surface area (Å²) in [5.41, 5.74) is 1.21. The Balaban J connectivity index is 0.000000371. The molecule has 10 heavy (non-hydrogen) atoms. The van der Waals surface area contributed by atoms with Gasteiger partial charge in [-0.3, -0.25) is 0 Å². The molecule has 0 saturated heterocycles. The predicted molar refractivity (Wildman–Crippen MR) is 44.0 cm³/mol.